The molecule has 0 saturated carbocycles. The van der Waals surface area contributed by atoms with E-state index in [1.54, 1.807) is 12.1 Å². The summed E-state index contributed by atoms with van der Waals surface area (Å²) in [6.07, 6.45) is 1.22. The number of nitrogens with one attached hydrogen (secondary N) is 1. The molecule has 0 unspecified atom stereocenters. The second kappa shape index (κ2) is 9.60. The molecule has 4 amide bonds. The zero-order valence-corrected chi connectivity index (χ0v) is 18.3. The fourth-order valence-electron chi connectivity index (χ4n) is 3.34. The van der Waals surface area contributed by atoms with Crippen LogP contribution in [0.5, 0.6) is 5.75 Å². The van der Waals surface area contributed by atoms with Gasteiger partial charge in [0.2, 0.25) is 0 Å². The number of rotatable bonds is 6. The first-order valence-corrected chi connectivity index (χ1v) is 10.4. The van der Waals surface area contributed by atoms with Crippen molar-refractivity contribution < 1.29 is 29.0 Å². The number of urea groups is 1. The third-order valence-electron chi connectivity index (χ3n) is 4.95. The van der Waals surface area contributed by atoms with Gasteiger partial charge >= 0.3 is 12.0 Å². The number of halogens is 1. The highest BCUT2D eigenvalue weighted by molar-refractivity contribution is 6.39. The van der Waals surface area contributed by atoms with Crippen LogP contribution in [-0.2, 0) is 16.2 Å². The Kier molecular flexibility index (Phi) is 6.42. The van der Waals surface area contributed by atoms with Gasteiger partial charge in [-0.2, -0.15) is 0 Å². The van der Waals surface area contributed by atoms with E-state index in [1.807, 2.05) is 30.3 Å². The Morgan fingerprint density at radius 2 is 1.76 bits per heavy atom. The topological polar surface area (TPSA) is 113 Å². The van der Waals surface area contributed by atoms with E-state index in [9.17, 15) is 24.3 Å². The first-order chi connectivity index (χ1) is 16.3. The molecule has 1 aliphatic heterocycles. The molecule has 9 heteroatoms. The van der Waals surface area contributed by atoms with E-state index >= 15 is 0 Å². The lowest BCUT2D eigenvalue weighted by atomic mass is 10.0. The molecule has 0 atom stereocenters. The fraction of sp³-hybridized carbons (Fsp3) is 0.0400. The number of nitrogens with zero attached hydrogens (tertiary/aromatic N) is 1. The Bertz CT molecular complexity index is 1340. The van der Waals surface area contributed by atoms with Crippen molar-refractivity contribution in [3.05, 3.63) is 100 Å². The van der Waals surface area contributed by atoms with Crippen LogP contribution in [0.1, 0.15) is 21.5 Å². The summed E-state index contributed by atoms with van der Waals surface area (Å²) >= 11 is 5.96. The first kappa shape index (κ1) is 22.8. The molecule has 0 aromatic heterocycles. The van der Waals surface area contributed by atoms with Gasteiger partial charge in [0.25, 0.3) is 11.8 Å². The zero-order valence-electron chi connectivity index (χ0n) is 17.5. The fourth-order valence-corrected chi connectivity index (χ4v) is 3.52. The molecule has 170 valence electrons. The molecule has 1 heterocycles. The molecule has 0 radical (unpaired) electrons. The summed E-state index contributed by atoms with van der Waals surface area (Å²) in [5.74, 6) is -2.86. The highest BCUT2D eigenvalue weighted by atomic mass is 35.5. The molecule has 8 nitrogen and oxygen atoms in total. The number of benzene rings is 3. The molecule has 4 rings (SSSR count). The summed E-state index contributed by atoms with van der Waals surface area (Å²) in [7, 11) is 0. The summed E-state index contributed by atoms with van der Waals surface area (Å²) in [4.78, 5) is 50.3. The molecule has 0 bridgehead atoms. The summed E-state index contributed by atoms with van der Waals surface area (Å²) in [5.41, 5.74) is 0.832. The maximum atomic E-state index is 13.0. The number of barbiturate groups is 1. The molecule has 34 heavy (non-hydrogen) atoms. The lowest BCUT2D eigenvalue weighted by Crippen LogP contribution is -2.54. The number of aromatic carboxylic acids is 1. The number of hydrogen-bond acceptors (Lipinski definition) is 5. The van der Waals surface area contributed by atoms with Gasteiger partial charge < -0.3 is 9.84 Å². The normalized spacial score (nSPS) is 14.8. The Morgan fingerprint density at radius 1 is 1.00 bits per heavy atom. The molecule has 0 aliphatic carbocycles. The lowest BCUT2D eigenvalue weighted by molar-refractivity contribution is -0.122. The van der Waals surface area contributed by atoms with E-state index in [0.717, 1.165) is 10.5 Å². The van der Waals surface area contributed by atoms with Gasteiger partial charge in [0.15, 0.2) is 0 Å². The Hall–Kier alpha value is -4.43. The van der Waals surface area contributed by atoms with Crippen molar-refractivity contribution in [2.24, 2.45) is 0 Å². The van der Waals surface area contributed by atoms with E-state index in [4.69, 9.17) is 16.3 Å². The minimum atomic E-state index is -1.24. The molecule has 2 N–H and O–H groups in total. The summed E-state index contributed by atoms with van der Waals surface area (Å²) in [6.45, 7) is 0.166. The number of imide groups is 2. The quantitative estimate of drug-likeness (QED) is 0.405. The maximum absolute atomic E-state index is 13.0. The molecule has 1 saturated heterocycles. The number of ether oxygens (including phenoxy) is 1. The number of hydrogen-bond donors (Lipinski definition) is 2. The summed E-state index contributed by atoms with van der Waals surface area (Å²) < 4.78 is 5.66. The Morgan fingerprint density at radius 3 is 2.47 bits per heavy atom. The number of carboxylic acid groups (broad SMARTS) is 1. The van der Waals surface area contributed by atoms with Gasteiger partial charge in [0.1, 0.15) is 23.5 Å². The van der Waals surface area contributed by atoms with E-state index < -0.39 is 23.8 Å². The van der Waals surface area contributed by atoms with Gasteiger partial charge in [-0.25, -0.2) is 14.5 Å². The van der Waals surface area contributed by atoms with Crippen LogP contribution in [-0.4, -0.2) is 28.9 Å². The van der Waals surface area contributed by atoms with E-state index in [-0.39, 0.29) is 34.7 Å². The average Bonchev–Trinajstić information content (AvgIpc) is 2.81. The van der Waals surface area contributed by atoms with Crippen LogP contribution in [0.4, 0.5) is 10.5 Å². The van der Waals surface area contributed by atoms with Crippen molar-refractivity contribution >= 4 is 47.2 Å². The minimum absolute atomic E-state index is 0.133. The van der Waals surface area contributed by atoms with Gasteiger partial charge in [0, 0.05) is 5.02 Å². The van der Waals surface area contributed by atoms with Crippen molar-refractivity contribution in [2.75, 3.05) is 4.90 Å². The molecule has 3 aromatic rings. The highest BCUT2D eigenvalue weighted by Gasteiger charge is 2.37. The van der Waals surface area contributed by atoms with E-state index in [2.05, 4.69) is 5.32 Å². The smallest absolute Gasteiger partial charge is 0.339 e. The van der Waals surface area contributed by atoms with Crippen molar-refractivity contribution in [1.29, 1.82) is 0 Å². The molecule has 3 aromatic carbocycles. The minimum Gasteiger partial charge on any atom is -0.488 e. The molecule has 0 spiro atoms. The summed E-state index contributed by atoms with van der Waals surface area (Å²) in [5, 5.41) is 12.0. The second-order valence-electron chi connectivity index (χ2n) is 7.27. The summed E-state index contributed by atoms with van der Waals surface area (Å²) in [6, 6.07) is 18.6. The largest absolute Gasteiger partial charge is 0.488 e. The van der Waals surface area contributed by atoms with Crippen LogP contribution in [0.15, 0.2) is 78.4 Å². The number of carbonyl (C=O) groups excluding carboxylic acids is 3. The maximum Gasteiger partial charge on any atom is 0.339 e. The predicted octanol–water partition coefficient (Wildman–Crippen LogP) is 4.28. The van der Waals surface area contributed by atoms with E-state index in [0.29, 0.717) is 5.02 Å². The number of anilines is 1. The average molecular weight is 477 g/mol. The standard InChI is InChI=1S/C25H17ClN2O6/c26-17-7-4-8-18(13-17)28-23(30)20(22(29)27-25(28)33)12-16-9-10-21(19(11-16)24(31)32)34-14-15-5-2-1-3-6-15/h1-13H,14H2,(H,31,32)(H,27,29,33)/b20-12-. The van der Waals surface area contributed by atoms with Gasteiger partial charge in [-0.15, -0.1) is 0 Å². The number of carbonyl (C=O) groups is 4. The SMILES string of the molecule is O=C1NC(=O)N(c2cccc(Cl)c2)C(=O)/C1=C\c1ccc(OCc2ccccc2)c(C(=O)O)c1. The van der Waals surface area contributed by atoms with Gasteiger partial charge in [-0.3, -0.25) is 14.9 Å². The number of carboxylic acids is 1. The predicted molar refractivity (Wildman–Crippen MR) is 125 cm³/mol. The Labute approximate surface area is 199 Å². The van der Waals surface area contributed by atoms with Crippen molar-refractivity contribution in [3.63, 3.8) is 0 Å². The second-order valence-corrected chi connectivity index (χ2v) is 7.71. The van der Waals surface area contributed by atoms with Crippen molar-refractivity contribution in [3.8, 4) is 5.75 Å². The monoisotopic (exact) mass is 476 g/mol. The van der Waals surface area contributed by atoms with E-state index in [1.165, 1.54) is 36.4 Å². The Balaban J connectivity index is 1.64. The van der Waals surface area contributed by atoms with Crippen LogP contribution in [0.2, 0.25) is 5.02 Å². The van der Waals surface area contributed by atoms with Crippen LogP contribution in [0, 0.1) is 0 Å². The van der Waals surface area contributed by atoms with Crippen molar-refractivity contribution in [2.45, 2.75) is 6.61 Å². The molecule has 1 fully saturated rings. The molecule has 1 aliphatic rings. The third kappa shape index (κ3) is 4.82. The van der Waals surface area contributed by atoms with Gasteiger partial charge in [0.05, 0.1) is 5.69 Å². The van der Waals surface area contributed by atoms with Crippen LogP contribution >= 0.6 is 11.6 Å². The molecular weight excluding hydrogens is 460 g/mol. The zero-order chi connectivity index (χ0) is 24.2. The highest BCUT2D eigenvalue weighted by Crippen LogP contribution is 2.26. The number of amides is 4. The van der Waals surface area contributed by atoms with Gasteiger partial charge in [-0.1, -0.05) is 54.1 Å². The van der Waals surface area contributed by atoms with Crippen molar-refractivity contribution in [1.82, 2.24) is 5.32 Å². The lowest BCUT2D eigenvalue weighted by Gasteiger charge is -2.26. The first-order valence-electron chi connectivity index (χ1n) is 10.0. The van der Waals surface area contributed by atoms with Crippen LogP contribution in [0.3, 0.4) is 0 Å². The van der Waals surface area contributed by atoms with Crippen LogP contribution < -0.4 is 15.0 Å². The van der Waals surface area contributed by atoms with Gasteiger partial charge in [-0.05, 0) is 47.5 Å². The van der Waals surface area contributed by atoms with Crippen LogP contribution in [0.25, 0.3) is 6.08 Å². The molecular formula is C25H17ClN2O6. The third-order valence-corrected chi connectivity index (χ3v) is 5.19.